The predicted octanol–water partition coefficient (Wildman–Crippen LogP) is 2.76. The average molecular weight is 430 g/mol. The smallest absolute Gasteiger partial charge is 0.228 e. The number of halogens is 2. The summed E-state index contributed by atoms with van der Waals surface area (Å²) < 4.78 is 5.42. The van der Waals surface area contributed by atoms with Crippen LogP contribution in [0.1, 0.15) is 36.8 Å². The molecule has 2 heterocycles. The summed E-state index contributed by atoms with van der Waals surface area (Å²) in [6.45, 7) is 7.09. The molecule has 1 aromatic rings. The Balaban J connectivity index is 0.00000140. The zero-order valence-corrected chi connectivity index (χ0v) is 18.1. The molecule has 0 aromatic heterocycles. The van der Waals surface area contributed by atoms with E-state index in [4.69, 9.17) is 4.74 Å². The van der Waals surface area contributed by atoms with Crippen molar-refractivity contribution in [3.63, 3.8) is 0 Å². The average Bonchev–Trinajstić information content (AvgIpc) is 3.12. The molecule has 0 bridgehead atoms. The third kappa shape index (κ3) is 5.19. The van der Waals surface area contributed by atoms with Gasteiger partial charge < -0.3 is 15.4 Å². The number of ether oxygens (including phenoxy) is 1. The lowest BCUT2D eigenvalue weighted by Crippen LogP contribution is -2.47. The SMILES string of the molecule is Cl.Cl.O=C(NCc1cccc(CN2CCOCC2)c1)[C@@]12CCCC[C@H]1CNC2. The molecule has 7 heteroatoms. The number of nitrogens with zero attached hydrogens (tertiary/aromatic N) is 1. The second-order valence-electron chi connectivity index (χ2n) is 8.12. The van der Waals surface area contributed by atoms with Crippen molar-refractivity contribution in [1.29, 1.82) is 0 Å². The number of morpholine rings is 1. The zero-order chi connectivity index (χ0) is 17.8. The lowest BCUT2D eigenvalue weighted by molar-refractivity contribution is -0.134. The molecule has 1 amide bonds. The van der Waals surface area contributed by atoms with Crippen LogP contribution in [-0.4, -0.2) is 50.2 Å². The van der Waals surface area contributed by atoms with Gasteiger partial charge in [0.25, 0.3) is 0 Å². The summed E-state index contributed by atoms with van der Waals surface area (Å²) in [5, 5.41) is 6.71. The quantitative estimate of drug-likeness (QED) is 0.755. The van der Waals surface area contributed by atoms with Crippen LogP contribution in [0.2, 0.25) is 0 Å². The van der Waals surface area contributed by atoms with Gasteiger partial charge in [-0.1, -0.05) is 37.1 Å². The van der Waals surface area contributed by atoms with Crippen LogP contribution in [0.25, 0.3) is 0 Å². The minimum absolute atomic E-state index is 0. The summed E-state index contributed by atoms with van der Waals surface area (Å²) >= 11 is 0. The van der Waals surface area contributed by atoms with Gasteiger partial charge in [0.05, 0.1) is 18.6 Å². The summed E-state index contributed by atoms with van der Waals surface area (Å²) in [5.41, 5.74) is 2.35. The number of fused-ring (bicyclic) bond motifs is 1. The molecule has 0 radical (unpaired) electrons. The highest BCUT2D eigenvalue weighted by molar-refractivity contribution is 5.85. The molecule has 0 spiro atoms. The predicted molar refractivity (Wildman–Crippen MR) is 116 cm³/mol. The van der Waals surface area contributed by atoms with Gasteiger partial charge in [-0.15, -0.1) is 24.8 Å². The maximum absolute atomic E-state index is 13.0. The van der Waals surface area contributed by atoms with E-state index in [1.54, 1.807) is 0 Å². The van der Waals surface area contributed by atoms with Crippen LogP contribution < -0.4 is 10.6 Å². The molecule has 2 aliphatic heterocycles. The van der Waals surface area contributed by atoms with E-state index in [9.17, 15) is 4.79 Å². The molecule has 158 valence electrons. The summed E-state index contributed by atoms with van der Waals surface area (Å²) in [4.78, 5) is 15.4. The summed E-state index contributed by atoms with van der Waals surface area (Å²) in [5.74, 6) is 0.773. The number of rotatable bonds is 5. The van der Waals surface area contributed by atoms with Gasteiger partial charge in [-0.25, -0.2) is 0 Å². The number of hydrogen-bond donors (Lipinski definition) is 2. The first-order chi connectivity index (χ1) is 12.8. The second kappa shape index (κ2) is 10.8. The van der Waals surface area contributed by atoms with Crippen molar-refractivity contribution in [1.82, 2.24) is 15.5 Å². The Hall–Kier alpha value is -0.850. The Morgan fingerprint density at radius 3 is 2.82 bits per heavy atom. The van der Waals surface area contributed by atoms with Crippen LogP contribution in [-0.2, 0) is 22.6 Å². The number of hydrogen-bond acceptors (Lipinski definition) is 4. The van der Waals surface area contributed by atoms with Crippen molar-refractivity contribution >= 4 is 30.7 Å². The highest BCUT2D eigenvalue weighted by Crippen LogP contribution is 2.43. The Morgan fingerprint density at radius 2 is 2.00 bits per heavy atom. The molecular weight excluding hydrogens is 397 g/mol. The van der Waals surface area contributed by atoms with E-state index in [1.165, 1.54) is 30.4 Å². The molecule has 2 atom stereocenters. The largest absolute Gasteiger partial charge is 0.379 e. The van der Waals surface area contributed by atoms with Crippen molar-refractivity contribution < 1.29 is 9.53 Å². The van der Waals surface area contributed by atoms with Gasteiger partial charge in [-0.3, -0.25) is 9.69 Å². The number of carbonyl (C=O) groups is 1. The first-order valence-corrected chi connectivity index (χ1v) is 10.1. The molecule has 2 saturated heterocycles. The maximum atomic E-state index is 13.0. The molecule has 4 rings (SSSR count). The van der Waals surface area contributed by atoms with E-state index in [0.717, 1.165) is 52.4 Å². The summed E-state index contributed by atoms with van der Waals surface area (Å²) in [6.07, 6.45) is 4.68. The van der Waals surface area contributed by atoms with Gasteiger partial charge in [0, 0.05) is 32.7 Å². The number of benzene rings is 1. The fourth-order valence-electron chi connectivity index (χ4n) is 4.90. The van der Waals surface area contributed by atoms with Crippen LogP contribution >= 0.6 is 24.8 Å². The minimum Gasteiger partial charge on any atom is -0.379 e. The zero-order valence-electron chi connectivity index (χ0n) is 16.5. The molecule has 0 unspecified atom stereocenters. The van der Waals surface area contributed by atoms with Crippen molar-refractivity contribution in [3.05, 3.63) is 35.4 Å². The standard InChI is InChI=1S/C21H31N3O2.2ClH/c25-20(21-7-2-1-6-19(21)14-22-16-21)23-13-17-4-3-5-18(12-17)15-24-8-10-26-11-9-24;;/h3-5,12,19,22H,1-2,6-11,13-16H2,(H,23,25);2*1H/t19-,21+;;/m0../s1. The van der Waals surface area contributed by atoms with Crippen molar-refractivity contribution in [2.75, 3.05) is 39.4 Å². The van der Waals surface area contributed by atoms with E-state index in [2.05, 4.69) is 39.8 Å². The monoisotopic (exact) mass is 429 g/mol. The lowest BCUT2D eigenvalue weighted by Gasteiger charge is -2.37. The van der Waals surface area contributed by atoms with Crippen LogP contribution in [0, 0.1) is 11.3 Å². The van der Waals surface area contributed by atoms with Crippen molar-refractivity contribution in [2.24, 2.45) is 11.3 Å². The van der Waals surface area contributed by atoms with Crippen LogP contribution in [0.3, 0.4) is 0 Å². The normalized spacial score (nSPS) is 27.2. The van der Waals surface area contributed by atoms with Crippen molar-refractivity contribution in [2.45, 2.75) is 38.8 Å². The highest BCUT2D eigenvalue weighted by Gasteiger charge is 2.49. The molecule has 1 aliphatic carbocycles. The fraction of sp³-hybridized carbons (Fsp3) is 0.667. The Labute approximate surface area is 180 Å². The van der Waals surface area contributed by atoms with Crippen LogP contribution in [0.15, 0.2) is 24.3 Å². The van der Waals surface area contributed by atoms with Crippen molar-refractivity contribution in [3.8, 4) is 0 Å². The van der Waals surface area contributed by atoms with E-state index in [-0.39, 0.29) is 36.1 Å². The van der Waals surface area contributed by atoms with E-state index >= 15 is 0 Å². The molecular formula is C21H33Cl2N3O2. The molecule has 3 fully saturated rings. The Bertz CT molecular complexity index is 640. The topological polar surface area (TPSA) is 53.6 Å². The molecule has 3 aliphatic rings. The van der Waals surface area contributed by atoms with Gasteiger partial charge >= 0.3 is 0 Å². The third-order valence-electron chi connectivity index (χ3n) is 6.44. The summed E-state index contributed by atoms with van der Waals surface area (Å²) in [6, 6.07) is 8.64. The van der Waals surface area contributed by atoms with Gasteiger partial charge in [-0.05, 0) is 36.4 Å². The van der Waals surface area contributed by atoms with Gasteiger partial charge in [0.2, 0.25) is 5.91 Å². The Morgan fingerprint density at radius 1 is 1.21 bits per heavy atom. The molecule has 28 heavy (non-hydrogen) atoms. The molecule has 1 saturated carbocycles. The van der Waals surface area contributed by atoms with E-state index < -0.39 is 0 Å². The number of amides is 1. The first kappa shape index (κ1) is 23.4. The molecule has 2 N–H and O–H groups in total. The van der Waals surface area contributed by atoms with Crippen LogP contribution in [0.5, 0.6) is 0 Å². The summed E-state index contributed by atoms with van der Waals surface area (Å²) in [7, 11) is 0. The minimum atomic E-state index is -0.163. The number of nitrogens with one attached hydrogen (secondary N) is 2. The maximum Gasteiger partial charge on any atom is 0.228 e. The van der Waals surface area contributed by atoms with E-state index in [1.807, 2.05) is 0 Å². The fourth-order valence-corrected chi connectivity index (χ4v) is 4.90. The number of carbonyl (C=O) groups excluding carboxylic acids is 1. The van der Waals surface area contributed by atoms with Gasteiger partial charge in [0.15, 0.2) is 0 Å². The second-order valence-corrected chi connectivity index (χ2v) is 8.12. The lowest BCUT2D eigenvalue weighted by atomic mass is 9.67. The first-order valence-electron chi connectivity index (χ1n) is 10.1. The Kier molecular flexibility index (Phi) is 9.03. The van der Waals surface area contributed by atoms with Gasteiger partial charge in [0.1, 0.15) is 0 Å². The molecule has 5 nitrogen and oxygen atoms in total. The third-order valence-corrected chi connectivity index (χ3v) is 6.44. The highest BCUT2D eigenvalue weighted by atomic mass is 35.5. The van der Waals surface area contributed by atoms with E-state index in [0.29, 0.717) is 12.5 Å². The van der Waals surface area contributed by atoms with Crippen LogP contribution in [0.4, 0.5) is 0 Å². The molecule has 1 aromatic carbocycles. The van der Waals surface area contributed by atoms with Gasteiger partial charge in [-0.2, -0.15) is 0 Å².